The molecule has 1 aliphatic heterocycles. The van der Waals surface area contributed by atoms with Gasteiger partial charge in [0.05, 0.1) is 0 Å². The lowest BCUT2D eigenvalue weighted by Gasteiger charge is -2.14. The Morgan fingerprint density at radius 2 is 2.00 bits per heavy atom. The number of fused-ring (bicyclic) bond motifs is 1. The van der Waals surface area contributed by atoms with E-state index in [-0.39, 0.29) is 0 Å². The summed E-state index contributed by atoms with van der Waals surface area (Å²) in [6.45, 7) is 10.8. The van der Waals surface area contributed by atoms with Gasteiger partial charge in [-0.15, -0.1) is 0 Å². The van der Waals surface area contributed by atoms with Gasteiger partial charge in [-0.25, -0.2) is 0 Å². The number of nitrogens with one attached hydrogen (secondary N) is 1. The molecule has 1 atom stereocenters. The van der Waals surface area contributed by atoms with Crippen molar-refractivity contribution in [3.8, 4) is 0 Å². The Balaban J connectivity index is 2.55. The molecule has 0 radical (unpaired) electrons. The normalized spacial score (nSPS) is 19.4. The molecule has 1 N–H and O–H groups in total. The molecule has 0 saturated carbocycles. The van der Waals surface area contributed by atoms with Gasteiger partial charge < -0.3 is 5.32 Å². The average molecular weight is 211 g/mol. The third-order valence-corrected chi connectivity index (χ3v) is 3.19. The summed E-state index contributed by atoms with van der Waals surface area (Å²) in [7, 11) is 0. The fourth-order valence-corrected chi connectivity index (χ4v) is 2.29. The van der Waals surface area contributed by atoms with Crippen molar-refractivity contribution in [2.75, 3.05) is 0 Å². The highest BCUT2D eigenvalue weighted by Gasteiger charge is 2.18. The van der Waals surface area contributed by atoms with E-state index in [4.69, 9.17) is 0 Å². The van der Waals surface area contributed by atoms with Gasteiger partial charge in [0.25, 0.3) is 0 Å². The second-order valence-electron chi connectivity index (χ2n) is 4.05. The Morgan fingerprint density at radius 3 is 2.69 bits per heavy atom. The molecule has 0 aromatic heterocycles. The highest BCUT2D eigenvalue weighted by Crippen LogP contribution is 2.31. The highest BCUT2D eigenvalue weighted by molar-refractivity contribution is 5.45. The van der Waals surface area contributed by atoms with E-state index in [1.165, 1.54) is 16.7 Å². The van der Waals surface area contributed by atoms with Crippen LogP contribution in [0.5, 0.6) is 0 Å². The quantitative estimate of drug-likeness (QED) is 0.789. The molecule has 1 aromatic carbocycles. The lowest BCUT2D eigenvalue weighted by atomic mass is 9.89. The molecule has 0 aliphatic carbocycles. The summed E-state index contributed by atoms with van der Waals surface area (Å²) in [6.07, 6.45) is 3.80. The average Bonchev–Trinajstić information content (AvgIpc) is 2.46. The summed E-state index contributed by atoms with van der Waals surface area (Å²) < 4.78 is 0. The molecule has 0 saturated heterocycles. The van der Waals surface area contributed by atoms with Gasteiger partial charge in [-0.2, -0.15) is 0 Å². The van der Waals surface area contributed by atoms with Crippen LogP contribution in [0.15, 0.2) is 60.8 Å². The summed E-state index contributed by atoms with van der Waals surface area (Å²) in [6, 6.07) is 8.54. The minimum Gasteiger partial charge on any atom is -0.381 e. The highest BCUT2D eigenvalue weighted by atomic mass is 14.9. The van der Waals surface area contributed by atoms with Crippen molar-refractivity contribution in [2.24, 2.45) is 0 Å². The zero-order valence-corrected chi connectivity index (χ0v) is 9.66. The number of hydrogen-bond acceptors (Lipinski definition) is 1. The minimum absolute atomic E-state index is 0.372. The summed E-state index contributed by atoms with van der Waals surface area (Å²) in [5, 5.41) is 3.41. The fraction of sp³-hybridized carbons (Fsp3) is 0.200. The van der Waals surface area contributed by atoms with Gasteiger partial charge in [0.2, 0.25) is 0 Å². The fourth-order valence-electron chi connectivity index (χ4n) is 2.29. The summed E-state index contributed by atoms with van der Waals surface area (Å²) >= 11 is 0. The van der Waals surface area contributed by atoms with E-state index in [0.717, 1.165) is 12.2 Å². The van der Waals surface area contributed by atoms with E-state index in [9.17, 15) is 0 Å². The van der Waals surface area contributed by atoms with E-state index < -0.39 is 0 Å². The molecule has 0 fully saturated rings. The Labute approximate surface area is 97.2 Å². The van der Waals surface area contributed by atoms with E-state index in [0.29, 0.717) is 5.92 Å². The maximum atomic E-state index is 3.90. The first-order valence-electron chi connectivity index (χ1n) is 5.58. The first-order chi connectivity index (χ1) is 7.77. The van der Waals surface area contributed by atoms with Gasteiger partial charge in [0.1, 0.15) is 0 Å². The monoisotopic (exact) mass is 211 g/mol. The van der Waals surface area contributed by atoms with Crippen LogP contribution in [0.25, 0.3) is 0 Å². The van der Waals surface area contributed by atoms with Gasteiger partial charge in [-0.05, 0) is 22.8 Å². The third kappa shape index (κ3) is 1.69. The molecule has 0 amide bonds. The van der Waals surface area contributed by atoms with Gasteiger partial charge in [0, 0.05) is 18.2 Å². The van der Waals surface area contributed by atoms with Crippen LogP contribution < -0.4 is 5.32 Å². The molecular formula is C15H17N. The predicted octanol–water partition coefficient (Wildman–Crippen LogP) is 3.52. The first-order valence-corrected chi connectivity index (χ1v) is 5.58. The molecule has 0 spiro atoms. The molecule has 2 rings (SSSR count). The van der Waals surface area contributed by atoms with E-state index in [2.05, 4.69) is 49.7 Å². The summed E-state index contributed by atoms with van der Waals surface area (Å²) in [5.74, 6) is 0.372. The van der Waals surface area contributed by atoms with E-state index >= 15 is 0 Å². The smallest absolute Gasteiger partial charge is 0.0403 e. The van der Waals surface area contributed by atoms with Crippen molar-refractivity contribution in [3.63, 3.8) is 0 Å². The molecule has 1 nitrogen and oxygen atoms in total. The molecule has 1 aromatic rings. The van der Waals surface area contributed by atoms with Crippen LogP contribution in [0.3, 0.4) is 0 Å². The number of allylic oxidation sites excluding steroid dienone is 3. The summed E-state index contributed by atoms with van der Waals surface area (Å²) in [5.41, 5.74) is 5.05. The Hall–Kier alpha value is -1.76. The van der Waals surface area contributed by atoms with Crippen molar-refractivity contribution >= 4 is 0 Å². The standard InChI is InChI=1S/C15H17N/c1-4-13-11(3)14-9-7-6-8-12(14)10-16-15(13)5-2/h4-9,11,16H,1-2,10H2,3H3. The Morgan fingerprint density at radius 1 is 1.25 bits per heavy atom. The van der Waals surface area contributed by atoms with E-state index in [1.54, 1.807) is 0 Å². The van der Waals surface area contributed by atoms with Gasteiger partial charge in [0.15, 0.2) is 0 Å². The van der Waals surface area contributed by atoms with Crippen LogP contribution in [-0.2, 0) is 6.54 Å². The van der Waals surface area contributed by atoms with Gasteiger partial charge in [-0.3, -0.25) is 0 Å². The molecule has 1 unspecified atom stereocenters. The van der Waals surface area contributed by atoms with Crippen LogP contribution in [-0.4, -0.2) is 0 Å². The van der Waals surface area contributed by atoms with Crippen molar-refractivity contribution < 1.29 is 0 Å². The molecule has 1 aliphatic rings. The largest absolute Gasteiger partial charge is 0.381 e. The summed E-state index contributed by atoms with van der Waals surface area (Å²) in [4.78, 5) is 0. The van der Waals surface area contributed by atoms with Crippen LogP contribution >= 0.6 is 0 Å². The number of rotatable bonds is 2. The van der Waals surface area contributed by atoms with Crippen LogP contribution in [0, 0.1) is 0 Å². The Kier molecular flexibility index (Phi) is 2.95. The number of hydrogen-bond donors (Lipinski definition) is 1. The lowest BCUT2D eigenvalue weighted by molar-refractivity contribution is 0.835. The van der Waals surface area contributed by atoms with Gasteiger partial charge >= 0.3 is 0 Å². The van der Waals surface area contributed by atoms with Crippen molar-refractivity contribution in [1.82, 2.24) is 5.32 Å². The molecule has 1 heteroatoms. The molecular weight excluding hydrogens is 194 g/mol. The third-order valence-electron chi connectivity index (χ3n) is 3.19. The molecule has 82 valence electrons. The second kappa shape index (κ2) is 4.40. The van der Waals surface area contributed by atoms with Crippen molar-refractivity contribution in [3.05, 3.63) is 72.0 Å². The van der Waals surface area contributed by atoms with Gasteiger partial charge in [-0.1, -0.05) is 50.4 Å². The lowest BCUT2D eigenvalue weighted by Crippen LogP contribution is -2.11. The van der Waals surface area contributed by atoms with E-state index in [1.807, 2.05) is 12.2 Å². The predicted molar refractivity (Wildman–Crippen MR) is 69.1 cm³/mol. The maximum Gasteiger partial charge on any atom is 0.0403 e. The topological polar surface area (TPSA) is 12.0 Å². The molecule has 1 heterocycles. The molecule has 0 bridgehead atoms. The molecule has 16 heavy (non-hydrogen) atoms. The van der Waals surface area contributed by atoms with Crippen LogP contribution in [0.4, 0.5) is 0 Å². The zero-order valence-electron chi connectivity index (χ0n) is 9.66. The maximum absolute atomic E-state index is 3.90. The van der Waals surface area contributed by atoms with Crippen molar-refractivity contribution in [2.45, 2.75) is 19.4 Å². The van der Waals surface area contributed by atoms with Crippen molar-refractivity contribution in [1.29, 1.82) is 0 Å². The number of benzene rings is 1. The zero-order chi connectivity index (χ0) is 11.5. The minimum atomic E-state index is 0.372. The first kappa shape index (κ1) is 10.7. The Bertz CT molecular complexity index is 454. The second-order valence-corrected chi connectivity index (χ2v) is 4.05. The van der Waals surface area contributed by atoms with Crippen LogP contribution in [0.2, 0.25) is 0 Å². The SMILES string of the molecule is C=CC1=C(C=C)C(C)c2ccccc2CN1. The van der Waals surface area contributed by atoms with Crippen LogP contribution in [0.1, 0.15) is 24.0 Å².